The van der Waals surface area contributed by atoms with Crippen molar-refractivity contribution >= 4 is 5.91 Å². The molecule has 0 bridgehead atoms. The summed E-state index contributed by atoms with van der Waals surface area (Å²) in [5, 5.41) is 0. The van der Waals surface area contributed by atoms with Crippen molar-refractivity contribution in [2.75, 3.05) is 19.6 Å². The molecule has 0 atom stereocenters. The Morgan fingerprint density at radius 2 is 1.83 bits per heavy atom. The van der Waals surface area contributed by atoms with Crippen LogP contribution in [0.1, 0.15) is 25.7 Å². The molecule has 1 rings (SSSR count). The van der Waals surface area contributed by atoms with Crippen LogP contribution in [0.2, 0.25) is 0 Å². The van der Waals surface area contributed by atoms with E-state index < -0.39 is 0 Å². The van der Waals surface area contributed by atoms with E-state index in [1.807, 2.05) is 4.90 Å². The van der Waals surface area contributed by atoms with E-state index in [1.165, 1.54) is 12.8 Å². The van der Waals surface area contributed by atoms with E-state index in [-0.39, 0.29) is 12.5 Å². The molecule has 3 nitrogen and oxygen atoms in total. The predicted octanol–water partition coefficient (Wildman–Crippen LogP) is 1.31. The van der Waals surface area contributed by atoms with Crippen molar-refractivity contribution in [3.63, 3.8) is 0 Å². The number of carbonyl (C=O) groups excluding carboxylic acids is 1. The Morgan fingerprint density at radius 1 is 1.25 bits per heavy atom. The van der Waals surface area contributed by atoms with Crippen LogP contribution in [0.5, 0.6) is 0 Å². The minimum absolute atomic E-state index is 0.00639. The third kappa shape index (κ3) is 2.54. The molecule has 1 aliphatic rings. The largest absolute Gasteiger partial charge is 0.336 e. The number of rotatable bonds is 1. The molecule has 12 heavy (non-hydrogen) atoms. The molecule has 0 aromatic carbocycles. The van der Waals surface area contributed by atoms with Crippen LogP contribution in [-0.4, -0.2) is 30.4 Å². The minimum Gasteiger partial charge on any atom is -0.336 e. The Hall–Kier alpha value is -1.04. The molecule has 0 aliphatic carbocycles. The fraction of sp³-hybridized carbons (Fsp3) is 0.778. The lowest BCUT2D eigenvalue weighted by atomic mass is 10.2. The monoisotopic (exact) mass is 166 g/mol. The second-order valence-electron chi connectivity index (χ2n) is 3.11. The maximum atomic E-state index is 11.3. The smallest absolute Gasteiger partial charge is 0.302 e. The summed E-state index contributed by atoms with van der Waals surface area (Å²) in [6, 6.07) is 0. The van der Waals surface area contributed by atoms with Crippen LogP contribution < -0.4 is 0 Å². The molecule has 1 saturated heterocycles. The molecule has 1 fully saturated rings. The van der Waals surface area contributed by atoms with Gasteiger partial charge in [0.25, 0.3) is 6.54 Å². The molecule has 0 aromatic rings. The lowest BCUT2D eigenvalue weighted by molar-refractivity contribution is -0.128. The number of amides is 1. The highest BCUT2D eigenvalue weighted by atomic mass is 16.2. The van der Waals surface area contributed by atoms with Crippen molar-refractivity contribution in [1.29, 1.82) is 0 Å². The molecule has 1 heterocycles. The van der Waals surface area contributed by atoms with Crippen LogP contribution in [0.3, 0.4) is 0 Å². The predicted molar refractivity (Wildman–Crippen MR) is 46.5 cm³/mol. The van der Waals surface area contributed by atoms with E-state index in [0.29, 0.717) is 0 Å². The lowest BCUT2D eigenvalue weighted by Gasteiger charge is -2.16. The minimum atomic E-state index is 0.00639. The molecule has 0 spiro atoms. The SMILES string of the molecule is [C-]#[N+]CC(=O)N1CCCCCC1. The van der Waals surface area contributed by atoms with Crippen LogP contribution in [0.25, 0.3) is 4.85 Å². The molecule has 0 aromatic heterocycles. The molecule has 3 heteroatoms. The molecule has 0 saturated carbocycles. The second kappa shape index (κ2) is 4.76. The Bertz CT molecular complexity index is 187. The highest BCUT2D eigenvalue weighted by molar-refractivity contribution is 5.79. The van der Waals surface area contributed by atoms with E-state index in [9.17, 15) is 4.79 Å². The van der Waals surface area contributed by atoms with Gasteiger partial charge in [0, 0.05) is 13.1 Å². The molecule has 1 amide bonds. The average Bonchev–Trinajstić information content (AvgIpc) is 2.32. The summed E-state index contributed by atoms with van der Waals surface area (Å²) in [6.07, 6.45) is 4.65. The number of carbonyl (C=O) groups is 1. The molecular weight excluding hydrogens is 152 g/mol. The van der Waals surface area contributed by atoms with Crippen molar-refractivity contribution < 1.29 is 4.79 Å². The van der Waals surface area contributed by atoms with Crippen LogP contribution in [-0.2, 0) is 4.79 Å². The van der Waals surface area contributed by atoms with Crippen molar-refractivity contribution in [1.82, 2.24) is 4.90 Å². The summed E-state index contributed by atoms with van der Waals surface area (Å²) in [4.78, 5) is 16.2. The van der Waals surface area contributed by atoms with Crippen LogP contribution in [0, 0.1) is 6.57 Å². The van der Waals surface area contributed by atoms with Crippen LogP contribution >= 0.6 is 0 Å². The van der Waals surface area contributed by atoms with Gasteiger partial charge in [-0.25, -0.2) is 6.57 Å². The molecule has 0 radical (unpaired) electrons. The lowest BCUT2D eigenvalue weighted by Crippen LogP contribution is -2.33. The summed E-state index contributed by atoms with van der Waals surface area (Å²) in [5.74, 6) is 0.00639. The number of hydrogen-bond donors (Lipinski definition) is 0. The van der Waals surface area contributed by atoms with Gasteiger partial charge in [0.15, 0.2) is 0 Å². The number of hydrogen-bond acceptors (Lipinski definition) is 1. The van der Waals surface area contributed by atoms with E-state index >= 15 is 0 Å². The Labute approximate surface area is 73.2 Å². The maximum Gasteiger partial charge on any atom is 0.302 e. The van der Waals surface area contributed by atoms with Gasteiger partial charge in [0.05, 0.1) is 0 Å². The van der Waals surface area contributed by atoms with E-state index in [1.54, 1.807) is 0 Å². The molecule has 1 aliphatic heterocycles. The first kappa shape index (κ1) is 9.05. The number of nitrogens with zero attached hydrogens (tertiary/aromatic N) is 2. The second-order valence-corrected chi connectivity index (χ2v) is 3.11. The van der Waals surface area contributed by atoms with E-state index in [0.717, 1.165) is 25.9 Å². The van der Waals surface area contributed by atoms with Gasteiger partial charge in [0.1, 0.15) is 0 Å². The zero-order chi connectivity index (χ0) is 8.81. The third-order valence-electron chi connectivity index (χ3n) is 2.17. The van der Waals surface area contributed by atoms with Gasteiger partial charge in [-0.15, -0.1) is 0 Å². The topological polar surface area (TPSA) is 24.7 Å². The van der Waals surface area contributed by atoms with Gasteiger partial charge >= 0.3 is 5.91 Å². The highest BCUT2D eigenvalue weighted by Crippen LogP contribution is 2.09. The van der Waals surface area contributed by atoms with Crippen molar-refractivity contribution in [3.05, 3.63) is 11.4 Å². The van der Waals surface area contributed by atoms with E-state index in [2.05, 4.69) is 4.85 Å². The summed E-state index contributed by atoms with van der Waals surface area (Å²) in [5.41, 5.74) is 0. The Kier molecular flexibility index (Phi) is 3.59. The van der Waals surface area contributed by atoms with Crippen molar-refractivity contribution in [2.24, 2.45) is 0 Å². The first-order valence-corrected chi connectivity index (χ1v) is 4.45. The summed E-state index contributed by atoms with van der Waals surface area (Å²) in [7, 11) is 0. The zero-order valence-electron chi connectivity index (χ0n) is 7.25. The normalized spacial score (nSPS) is 18.1. The fourth-order valence-corrected chi connectivity index (χ4v) is 1.49. The average molecular weight is 166 g/mol. The Morgan fingerprint density at radius 3 is 2.33 bits per heavy atom. The quantitative estimate of drug-likeness (QED) is 0.539. The van der Waals surface area contributed by atoms with E-state index in [4.69, 9.17) is 6.57 Å². The summed E-state index contributed by atoms with van der Waals surface area (Å²) >= 11 is 0. The van der Waals surface area contributed by atoms with Crippen LogP contribution in [0.15, 0.2) is 0 Å². The van der Waals surface area contributed by atoms with Gasteiger partial charge in [-0.05, 0) is 12.8 Å². The Balaban J connectivity index is 2.38. The maximum absolute atomic E-state index is 11.3. The first-order valence-electron chi connectivity index (χ1n) is 4.45. The summed E-state index contributed by atoms with van der Waals surface area (Å²) < 4.78 is 0. The molecule has 0 unspecified atom stereocenters. The van der Waals surface area contributed by atoms with Crippen molar-refractivity contribution in [2.45, 2.75) is 25.7 Å². The standard InChI is InChI=1S/C9H14N2O/c1-10-8-9(12)11-6-4-2-3-5-7-11/h2-8H2. The molecule has 66 valence electrons. The molecule has 0 N–H and O–H groups in total. The van der Waals surface area contributed by atoms with Crippen molar-refractivity contribution in [3.8, 4) is 0 Å². The highest BCUT2D eigenvalue weighted by Gasteiger charge is 2.16. The third-order valence-corrected chi connectivity index (χ3v) is 2.17. The summed E-state index contributed by atoms with van der Waals surface area (Å²) in [6.45, 7) is 8.32. The van der Waals surface area contributed by atoms with Crippen LogP contribution in [0.4, 0.5) is 0 Å². The number of likely N-dealkylation sites (tertiary alicyclic amines) is 1. The zero-order valence-corrected chi connectivity index (χ0v) is 7.25. The van der Waals surface area contributed by atoms with Gasteiger partial charge in [-0.2, -0.15) is 0 Å². The molecular formula is C9H14N2O. The van der Waals surface area contributed by atoms with Gasteiger partial charge < -0.3 is 9.74 Å². The van der Waals surface area contributed by atoms with Gasteiger partial charge in [-0.1, -0.05) is 12.8 Å². The van der Waals surface area contributed by atoms with Gasteiger partial charge in [0.2, 0.25) is 0 Å². The fourth-order valence-electron chi connectivity index (χ4n) is 1.49. The van der Waals surface area contributed by atoms with Gasteiger partial charge in [-0.3, -0.25) is 4.79 Å². The first-order chi connectivity index (χ1) is 5.84.